The molecule has 16 heavy (non-hydrogen) atoms. The minimum atomic E-state index is -3.33. The van der Waals surface area contributed by atoms with E-state index in [4.69, 9.17) is 5.73 Å². The van der Waals surface area contributed by atoms with Gasteiger partial charge in [-0.1, -0.05) is 0 Å². The SMILES string of the molecule is CNC(=O)C(C)(C)CNS(=O)(=O)CCCN. The Morgan fingerprint density at radius 1 is 1.38 bits per heavy atom. The molecule has 96 valence electrons. The molecule has 0 rings (SSSR count). The molecule has 0 bridgehead atoms. The molecule has 0 unspecified atom stereocenters. The second-order valence-corrected chi connectivity index (χ2v) is 6.17. The topological polar surface area (TPSA) is 101 Å². The molecule has 0 aromatic heterocycles. The lowest BCUT2D eigenvalue weighted by Gasteiger charge is -2.22. The van der Waals surface area contributed by atoms with Crippen molar-refractivity contribution < 1.29 is 13.2 Å². The molecule has 0 spiro atoms. The van der Waals surface area contributed by atoms with Crippen LogP contribution in [0.2, 0.25) is 0 Å². The molecule has 7 heteroatoms. The fourth-order valence-corrected chi connectivity index (χ4v) is 2.33. The van der Waals surface area contributed by atoms with E-state index >= 15 is 0 Å². The van der Waals surface area contributed by atoms with Gasteiger partial charge in [-0.15, -0.1) is 0 Å². The van der Waals surface area contributed by atoms with E-state index in [0.717, 1.165) is 0 Å². The standard InChI is InChI=1S/C9H21N3O3S/c1-9(2,8(13)11-3)7-12-16(14,15)6-4-5-10/h12H,4-7,10H2,1-3H3,(H,11,13). The Morgan fingerprint density at radius 3 is 2.38 bits per heavy atom. The van der Waals surface area contributed by atoms with E-state index in [0.29, 0.717) is 13.0 Å². The molecule has 0 radical (unpaired) electrons. The summed E-state index contributed by atoms with van der Waals surface area (Å²) >= 11 is 0. The van der Waals surface area contributed by atoms with Crippen molar-refractivity contribution in [3.8, 4) is 0 Å². The predicted molar refractivity (Wildman–Crippen MR) is 63.3 cm³/mol. The first-order valence-electron chi connectivity index (χ1n) is 5.15. The highest BCUT2D eigenvalue weighted by Gasteiger charge is 2.28. The van der Waals surface area contributed by atoms with Gasteiger partial charge in [-0.3, -0.25) is 4.79 Å². The zero-order valence-corrected chi connectivity index (χ0v) is 10.9. The van der Waals surface area contributed by atoms with Gasteiger partial charge in [0, 0.05) is 13.6 Å². The zero-order valence-electron chi connectivity index (χ0n) is 10.0. The van der Waals surface area contributed by atoms with E-state index in [1.807, 2.05) is 0 Å². The molecule has 0 aromatic rings. The van der Waals surface area contributed by atoms with E-state index in [1.54, 1.807) is 13.8 Å². The minimum absolute atomic E-state index is 0.00662. The van der Waals surface area contributed by atoms with Crippen LogP contribution in [0.15, 0.2) is 0 Å². The van der Waals surface area contributed by atoms with Gasteiger partial charge in [0.15, 0.2) is 0 Å². The molecule has 0 fully saturated rings. The van der Waals surface area contributed by atoms with Crippen LogP contribution in [-0.2, 0) is 14.8 Å². The van der Waals surface area contributed by atoms with Crippen molar-refractivity contribution in [3.05, 3.63) is 0 Å². The lowest BCUT2D eigenvalue weighted by Crippen LogP contribution is -2.44. The van der Waals surface area contributed by atoms with Crippen LogP contribution in [0.4, 0.5) is 0 Å². The summed E-state index contributed by atoms with van der Waals surface area (Å²) in [5, 5.41) is 2.49. The van der Waals surface area contributed by atoms with Crippen molar-refractivity contribution in [2.24, 2.45) is 11.1 Å². The molecule has 0 aliphatic rings. The Kier molecular flexibility index (Phi) is 5.91. The van der Waals surface area contributed by atoms with E-state index in [2.05, 4.69) is 10.0 Å². The molecule has 0 aliphatic heterocycles. The summed E-state index contributed by atoms with van der Waals surface area (Å²) in [6.45, 7) is 3.77. The first kappa shape index (κ1) is 15.3. The first-order chi connectivity index (χ1) is 7.25. The van der Waals surface area contributed by atoms with Crippen molar-refractivity contribution in [2.45, 2.75) is 20.3 Å². The van der Waals surface area contributed by atoms with Crippen molar-refractivity contribution in [2.75, 3.05) is 25.9 Å². The van der Waals surface area contributed by atoms with Crippen LogP contribution in [0.3, 0.4) is 0 Å². The summed E-state index contributed by atoms with van der Waals surface area (Å²) in [7, 11) is -1.81. The maximum Gasteiger partial charge on any atom is 0.226 e. The van der Waals surface area contributed by atoms with Crippen LogP contribution in [-0.4, -0.2) is 40.2 Å². The van der Waals surface area contributed by atoms with Gasteiger partial charge < -0.3 is 11.1 Å². The molecule has 4 N–H and O–H groups in total. The number of hydrogen-bond acceptors (Lipinski definition) is 4. The van der Waals surface area contributed by atoms with Gasteiger partial charge in [-0.25, -0.2) is 13.1 Å². The number of nitrogens with one attached hydrogen (secondary N) is 2. The third-order valence-corrected chi connectivity index (χ3v) is 3.60. The largest absolute Gasteiger partial charge is 0.359 e. The van der Waals surface area contributed by atoms with Crippen LogP contribution >= 0.6 is 0 Å². The Hall–Kier alpha value is -0.660. The number of carbonyl (C=O) groups excluding carboxylic acids is 1. The summed E-state index contributed by atoms with van der Waals surface area (Å²) in [6.07, 6.45) is 0.412. The second-order valence-electron chi connectivity index (χ2n) is 4.25. The van der Waals surface area contributed by atoms with Crippen molar-refractivity contribution >= 4 is 15.9 Å². The molecular formula is C9H21N3O3S. The molecule has 0 saturated heterocycles. The maximum atomic E-state index is 11.4. The summed E-state index contributed by atoms with van der Waals surface area (Å²) < 4.78 is 25.3. The average molecular weight is 251 g/mol. The minimum Gasteiger partial charge on any atom is -0.359 e. The predicted octanol–water partition coefficient (Wildman–Crippen LogP) is -0.973. The highest BCUT2D eigenvalue weighted by atomic mass is 32.2. The first-order valence-corrected chi connectivity index (χ1v) is 6.80. The van der Waals surface area contributed by atoms with Gasteiger partial charge in [-0.2, -0.15) is 0 Å². The van der Waals surface area contributed by atoms with Crippen molar-refractivity contribution in [1.82, 2.24) is 10.0 Å². The van der Waals surface area contributed by atoms with Crippen molar-refractivity contribution in [1.29, 1.82) is 0 Å². The Bertz CT molecular complexity index is 325. The van der Waals surface area contributed by atoms with E-state index in [1.165, 1.54) is 7.05 Å². The van der Waals surface area contributed by atoms with E-state index < -0.39 is 15.4 Å². The monoisotopic (exact) mass is 251 g/mol. The lowest BCUT2D eigenvalue weighted by molar-refractivity contribution is -0.128. The number of sulfonamides is 1. The number of carbonyl (C=O) groups is 1. The van der Waals surface area contributed by atoms with Crippen LogP contribution < -0.4 is 15.8 Å². The molecule has 1 amide bonds. The van der Waals surface area contributed by atoms with Gasteiger partial charge in [0.05, 0.1) is 11.2 Å². The van der Waals surface area contributed by atoms with E-state index in [9.17, 15) is 13.2 Å². The van der Waals surface area contributed by atoms with E-state index in [-0.39, 0.29) is 18.2 Å². The van der Waals surface area contributed by atoms with Crippen LogP contribution in [0.5, 0.6) is 0 Å². The molecule has 0 aromatic carbocycles. The molecule has 0 aliphatic carbocycles. The molecule has 0 heterocycles. The molecule has 0 saturated carbocycles. The Labute approximate surface area is 97.0 Å². The number of nitrogens with two attached hydrogens (primary N) is 1. The van der Waals surface area contributed by atoms with Crippen molar-refractivity contribution in [3.63, 3.8) is 0 Å². The number of amides is 1. The molecule has 0 atom stereocenters. The third-order valence-electron chi connectivity index (χ3n) is 2.19. The van der Waals surface area contributed by atoms with Gasteiger partial charge in [0.1, 0.15) is 0 Å². The summed E-state index contributed by atoms with van der Waals surface area (Å²) in [6, 6.07) is 0. The van der Waals surface area contributed by atoms with Gasteiger partial charge in [0.25, 0.3) is 0 Å². The van der Waals surface area contributed by atoms with Crippen LogP contribution in [0, 0.1) is 5.41 Å². The highest BCUT2D eigenvalue weighted by Crippen LogP contribution is 2.13. The normalized spacial score (nSPS) is 12.5. The highest BCUT2D eigenvalue weighted by molar-refractivity contribution is 7.89. The second kappa shape index (κ2) is 6.17. The summed E-state index contributed by atoms with van der Waals surface area (Å²) in [5.41, 5.74) is 4.47. The summed E-state index contributed by atoms with van der Waals surface area (Å²) in [4.78, 5) is 11.4. The smallest absolute Gasteiger partial charge is 0.226 e. The fourth-order valence-electron chi connectivity index (χ4n) is 1.05. The maximum absolute atomic E-state index is 11.4. The van der Waals surface area contributed by atoms with Gasteiger partial charge >= 0.3 is 0 Å². The van der Waals surface area contributed by atoms with Gasteiger partial charge in [0.2, 0.25) is 15.9 Å². The summed E-state index contributed by atoms with van der Waals surface area (Å²) in [5.74, 6) is -0.207. The fraction of sp³-hybridized carbons (Fsp3) is 0.889. The quantitative estimate of drug-likeness (QED) is 0.541. The molecular weight excluding hydrogens is 230 g/mol. The molecule has 6 nitrogen and oxygen atoms in total. The lowest BCUT2D eigenvalue weighted by atomic mass is 9.93. The number of rotatable bonds is 7. The Morgan fingerprint density at radius 2 is 1.94 bits per heavy atom. The van der Waals surface area contributed by atoms with Gasteiger partial charge in [-0.05, 0) is 26.8 Å². The number of hydrogen-bond donors (Lipinski definition) is 3. The van der Waals surface area contributed by atoms with Crippen LogP contribution in [0.25, 0.3) is 0 Å². The Balaban J connectivity index is 4.28. The van der Waals surface area contributed by atoms with Crippen LogP contribution in [0.1, 0.15) is 20.3 Å². The third kappa shape index (κ3) is 5.43. The zero-order chi connectivity index (χ0) is 12.8. The average Bonchev–Trinajstić information content (AvgIpc) is 2.23.